The summed E-state index contributed by atoms with van der Waals surface area (Å²) in [5, 5.41) is 0. The highest BCUT2D eigenvalue weighted by molar-refractivity contribution is 5.88. The third-order valence-electron chi connectivity index (χ3n) is 4.88. The molecule has 0 unspecified atom stereocenters. The molecule has 2 aromatic heterocycles. The predicted octanol–water partition coefficient (Wildman–Crippen LogP) is 3.36. The second-order valence-electron chi connectivity index (χ2n) is 6.69. The summed E-state index contributed by atoms with van der Waals surface area (Å²) in [5.74, 6) is 1.50. The number of hydrogen-bond acceptors (Lipinski definition) is 5. The quantitative estimate of drug-likeness (QED) is 0.668. The van der Waals surface area contributed by atoms with E-state index in [0.29, 0.717) is 11.2 Å². The third-order valence-corrected chi connectivity index (χ3v) is 4.88. The number of anilines is 1. The number of nitrogens with zero attached hydrogens (tertiary/aromatic N) is 4. The molecule has 138 valence electrons. The van der Waals surface area contributed by atoms with Crippen LogP contribution in [-0.2, 0) is 0 Å². The van der Waals surface area contributed by atoms with E-state index in [1.54, 1.807) is 23.9 Å². The number of benzene rings is 1. The molecular formula is C21H22N4O2. The lowest BCUT2D eigenvalue weighted by Gasteiger charge is -2.19. The third kappa shape index (κ3) is 3.30. The largest absolute Gasteiger partial charge is 0.497 e. The molecule has 0 bridgehead atoms. The molecule has 1 saturated heterocycles. The molecule has 0 aliphatic carbocycles. The van der Waals surface area contributed by atoms with E-state index in [2.05, 4.69) is 9.89 Å². The van der Waals surface area contributed by atoms with E-state index < -0.39 is 0 Å². The van der Waals surface area contributed by atoms with Crippen molar-refractivity contribution >= 4 is 23.4 Å². The summed E-state index contributed by atoms with van der Waals surface area (Å²) in [7, 11) is 1.63. The van der Waals surface area contributed by atoms with E-state index in [1.807, 2.05) is 43.3 Å². The van der Waals surface area contributed by atoms with Crippen molar-refractivity contribution in [2.45, 2.75) is 19.8 Å². The van der Waals surface area contributed by atoms with Crippen LogP contribution in [0.1, 0.15) is 24.0 Å². The number of methoxy groups -OCH3 is 1. The lowest BCUT2D eigenvalue weighted by molar-refractivity contribution is 0.415. The molecule has 27 heavy (non-hydrogen) atoms. The Balaban J connectivity index is 1.84. The first-order chi connectivity index (χ1) is 13.2. The van der Waals surface area contributed by atoms with E-state index in [4.69, 9.17) is 9.72 Å². The van der Waals surface area contributed by atoms with Crippen LogP contribution in [0.15, 0.2) is 52.4 Å². The van der Waals surface area contributed by atoms with Gasteiger partial charge in [-0.15, -0.1) is 0 Å². The van der Waals surface area contributed by atoms with Crippen molar-refractivity contribution in [1.29, 1.82) is 0 Å². The van der Waals surface area contributed by atoms with Gasteiger partial charge in [-0.2, -0.15) is 0 Å². The van der Waals surface area contributed by atoms with Crippen LogP contribution in [-0.4, -0.2) is 35.8 Å². The fraction of sp³-hybridized carbons (Fsp3) is 0.286. The zero-order valence-electron chi connectivity index (χ0n) is 15.6. The van der Waals surface area contributed by atoms with Crippen molar-refractivity contribution in [3.8, 4) is 5.75 Å². The van der Waals surface area contributed by atoms with Gasteiger partial charge < -0.3 is 9.64 Å². The maximum absolute atomic E-state index is 13.2. The van der Waals surface area contributed by atoms with E-state index in [1.165, 1.54) is 0 Å². The number of rotatable bonds is 4. The minimum absolute atomic E-state index is 0.0946. The smallest absolute Gasteiger partial charge is 0.268 e. The molecule has 0 saturated carbocycles. The second-order valence-corrected chi connectivity index (χ2v) is 6.69. The SMILES string of the molecule is COc1ccc(N=Cc2c(N3CCCC3)nc3c(C)cccn3c2=O)cc1. The molecule has 3 aromatic rings. The molecule has 1 fully saturated rings. The topological polar surface area (TPSA) is 59.2 Å². The molecule has 6 nitrogen and oxygen atoms in total. The van der Waals surface area contributed by atoms with Crippen molar-refractivity contribution < 1.29 is 4.74 Å². The number of hydrogen-bond donors (Lipinski definition) is 0. The average Bonchev–Trinajstić information content (AvgIpc) is 3.23. The number of aryl methyl sites for hydroxylation is 1. The van der Waals surface area contributed by atoms with Crippen LogP contribution in [0, 0.1) is 6.92 Å². The van der Waals surface area contributed by atoms with Crippen molar-refractivity contribution in [1.82, 2.24) is 9.38 Å². The summed E-state index contributed by atoms with van der Waals surface area (Å²) >= 11 is 0. The molecule has 1 aliphatic rings. The molecular weight excluding hydrogens is 340 g/mol. The molecule has 0 amide bonds. The van der Waals surface area contributed by atoms with Gasteiger partial charge in [0.25, 0.3) is 5.56 Å². The Bertz CT molecular complexity index is 1050. The fourth-order valence-electron chi connectivity index (χ4n) is 3.39. The van der Waals surface area contributed by atoms with Crippen LogP contribution in [0.4, 0.5) is 11.5 Å². The lowest BCUT2D eigenvalue weighted by atomic mass is 10.2. The Kier molecular flexibility index (Phi) is 4.62. The first-order valence-corrected chi connectivity index (χ1v) is 9.12. The van der Waals surface area contributed by atoms with Gasteiger partial charge in [0.1, 0.15) is 22.8 Å². The Morgan fingerprint density at radius 1 is 1.15 bits per heavy atom. The van der Waals surface area contributed by atoms with Gasteiger partial charge in [-0.25, -0.2) is 4.98 Å². The molecule has 0 N–H and O–H groups in total. The van der Waals surface area contributed by atoms with Crippen molar-refractivity contribution in [3.63, 3.8) is 0 Å². The predicted molar refractivity (Wildman–Crippen MR) is 108 cm³/mol. The number of pyridine rings is 1. The van der Waals surface area contributed by atoms with Crippen LogP contribution in [0.25, 0.3) is 5.65 Å². The van der Waals surface area contributed by atoms with Gasteiger partial charge in [0, 0.05) is 25.5 Å². The minimum atomic E-state index is -0.0946. The highest BCUT2D eigenvalue weighted by atomic mass is 16.5. The Morgan fingerprint density at radius 2 is 1.89 bits per heavy atom. The Labute approximate surface area is 157 Å². The van der Waals surface area contributed by atoms with Gasteiger partial charge in [-0.05, 0) is 55.7 Å². The van der Waals surface area contributed by atoms with Crippen LogP contribution in [0.3, 0.4) is 0 Å². The van der Waals surface area contributed by atoms with Gasteiger partial charge in [0.05, 0.1) is 12.8 Å². The fourth-order valence-corrected chi connectivity index (χ4v) is 3.39. The average molecular weight is 362 g/mol. The molecule has 1 aromatic carbocycles. The zero-order chi connectivity index (χ0) is 18.8. The van der Waals surface area contributed by atoms with Gasteiger partial charge in [-0.3, -0.25) is 14.2 Å². The van der Waals surface area contributed by atoms with Gasteiger partial charge >= 0.3 is 0 Å². The minimum Gasteiger partial charge on any atom is -0.497 e. The number of ether oxygens (including phenoxy) is 1. The van der Waals surface area contributed by atoms with Gasteiger partial charge in [-0.1, -0.05) is 6.07 Å². The highest BCUT2D eigenvalue weighted by Gasteiger charge is 2.20. The summed E-state index contributed by atoms with van der Waals surface area (Å²) in [6.45, 7) is 3.80. The maximum atomic E-state index is 13.2. The summed E-state index contributed by atoms with van der Waals surface area (Å²) < 4.78 is 6.78. The van der Waals surface area contributed by atoms with E-state index in [-0.39, 0.29) is 5.56 Å². The Hall–Kier alpha value is -3.15. The number of aromatic nitrogens is 2. The maximum Gasteiger partial charge on any atom is 0.268 e. The normalized spacial score (nSPS) is 14.4. The lowest BCUT2D eigenvalue weighted by Crippen LogP contribution is -2.28. The zero-order valence-corrected chi connectivity index (χ0v) is 15.6. The number of fused-ring (bicyclic) bond motifs is 1. The first kappa shape index (κ1) is 17.3. The van der Waals surface area contributed by atoms with Crippen molar-refractivity contribution in [3.05, 3.63) is 64.1 Å². The van der Waals surface area contributed by atoms with Gasteiger partial charge in [0.15, 0.2) is 0 Å². The molecule has 0 radical (unpaired) electrons. The molecule has 1 aliphatic heterocycles. The van der Waals surface area contributed by atoms with Crippen LogP contribution in [0.5, 0.6) is 5.75 Å². The van der Waals surface area contributed by atoms with Crippen molar-refractivity contribution in [2.24, 2.45) is 4.99 Å². The van der Waals surface area contributed by atoms with E-state index in [0.717, 1.165) is 48.7 Å². The molecule has 4 rings (SSSR count). The van der Waals surface area contributed by atoms with E-state index >= 15 is 0 Å². The summed E-state index contributed by atoms with van der Waals surface area (Å²) in [6, 6.07) is 11.3. The highest BCUT2D eigenvalue weighted by Crippen LogP contribution is 2.22. The standard InChI is InChI=1S/C21H22N4O2/c1-15-6-5-13-25-19(15)23-20(24-11-3-4-12-24)18(21(25)26)14-22-16-7-9-17(27-2)10-8-16/h5-10,13-14H,3-4,11-12H2,1-2H3. The summed E-state index contributed by atoms with van der Waals surface area (Å²) in [6.07, 6.45) is 5.63. The Morgan fingerprint density at radius 3 is 2.59 bits per heavy atom. The van der Waals surface area contributed by atoms with Crippen LogP contribution < -0.4 is 15.2 Å². The monoisotopic (exact) mass is 362 g/mol. The summed E-state index contributed by atoms with van der Waals surface area (Å²) in [5.41, 5.74) is 2.87. The molecule has 3 heterocycles. The first-order valence-electron chi connectivity index (χ1n) is 9.12. The van der Waals surface area contributed by atoms with Crippen LogP contribution >= 0.6 is 0 Å². The second kappa shape index (κ2) is 7.23. The van der Waals surface area contributed by atoms with Gasteiger partial charge in [0.2, 0.25) is 0 Å². The summed E-state index contributed by atoms with van der Waals surface area (Å²) in [4.78, 5) is 24.7. The van der Waals surface area contributed by atoms with Crippen molar-refractivity contribution in [2.75, 3.05) is 25.1 Å². The molecule has 0 atom stereocenters. The number of aliphatic imine (C=N–C) groups is 1. The molecule has 0 spiro atoms. The van der Waals surface area contributed by atoms with E-state index in [9.17, 15) is 4.79 Å². The molecule has 6 heteroatoms. The van der Waals surface area contributed by atoms with Crippen LogP contribution in [0.2, 0.25) is 0 Å².